The second kappa shape index (κ2) is 4.74. The highest BCUT2D eigenvalue weighted by molar-refractivity contribution is 5.92. The maximum atomic E-state index is 11.4. The largest absolute Gasteiger partial charge is 0.493 e. The standard InChI is InChI=1S/C14H19NO4/c1-8(15)14(4-5-14)9-6-10(13(16)17)12(19-3)11(7-9)18-2/h6-8H,4-5,15H2,1-3H3,(H,16,17). The van der Waals surface area contributed by atoms with E-state index in [2.05, 4.69) is 0 Å². The number of hydrogen-bond donors (Lipinski definition) is 2. The number of rotatable bonds is 5. The van der Waals surface area contributed by atoms with Crippen LogP contribution in [0.2, 0.25) is 0 Å². The van der Waals surface area contributed by atoms with Gasteiger partial charge in [0.05, 0.1) is 14.2 Å². The van der Waals surface area contributed by atoms with E-state index >= 15 is 0 Å². The van der Waals surface area contributed by atoms with Crippen LogP contribution in [0.4, 0.5) is 0 Å². The Kier molecular flexibility index (Phi) is 3.41. The maximum Gasteiger partial charge on any atom is 0.339 e. The van der Waals surface area contributed by atoms with Crippen molar-refractivity contribution >= 4 is 5.97 Å². The summed E-state index contributed by atoms with van der Waals surface area (Å²) in [7, 11) is 2.93. The quantitative estimate of drug-likeness (QED) is 0.848. The lowest BCUT2D eigenvalue weighted by atomic mass is 9.88. The first-order valence-electron chi connectivity index (χ1n) is 6.21. The smallest absolute Gasteiger partial charge is 0.339 e. The molecule has 19 heavy (non-hydrogen) atoms. The van der Waals surface area contributed by atoms with Crippen molar-refractivity contribution in [1.82, 2.24) is 0 Å². The van der Waals surface area contributed by atoms with Gasteiger partial charge in [-0.05, 0) is 37.5 Å². The molecule has 104 valence electrons. The number of carboxylic acid groups (broad SMARTS) is 1. The lowest BCUT2D eigenvalue weighted by molar-refractivity contribution is 0.0692. The van der Waals surface area contributed by atoms with Gasteiger partial charge >= 0.3 is 5.97 Å². The third kappa shape index (κ3) is 2.14. The van der Waals surface area contributed by atoms with Crippen LogP contribution in [0, 0.1) is 0 Å². The molecule has 1 fully saturated rings. The molecule has 1 aliphatic rings. The molecule has 0 heterocycles. The van der Waals surface area contributed by atoms with E-state index in [-0.39, 0.29) is 22.8 Å². The predicted molar refractivity (Wildman–Crippen MR) is 71.1 cm³/mol. The van der Waals surface area contributed by atoms with Crippen molar-refractivity contribution in [2.75, 3.05) is 14.2 Å². The zero-order valence-corrected chi connectivity index (χ0v) is 11.4. The van der Waals surface area contributed by atoms with Crippen LogP contribution in [0.1, 0.15) is 35.7 Å². The number of hydrogen-bond acceptors (Lipinski definition) is 4. The van der Waals surface area contributed by atoms with Crippen LogP contribution in [-0.4, -0.2) is 31.3 Å². The zero-order valence-electron chi connectivity index (χ0n) is 11.4. The molecule has 5 nitrogen and oxygen atoms in total. The van der Waals surface area contributed by atoms with Crippen molar-refractivity contribution < 1.29 is 19.4 Å². The number of carbonyl (C=O) groups is 1. The molecule has 5 heteroatoms. The number of aromatic carboxylic acids is 1. The van der Waals surface area contributed by atoms with Gasteiger partial charge in [-0.3, -0.25) is 0 Å². The lowest BCUT2D eigenvalue weighted by Gasteiger charge is -2.22. The minimum atomic E-state index is -1.03. The Morgan fingerprint density at radius 2 is 2.00 bits per heavy atom. The molecule has 1 aromatic rings. The van der Waals surface area contributed by atoms with E-state index in [4.69, 9.17) is 15.2 Å². The third-order valence-corrected chi connectivity index (χ3v) is 3.94. The highest BCUT2D eigenvalue weighted by Crippen LogP contribution is 2.52. The number of benzene rings is 1. The van der Waals surface area contributed by atoms with E-state index in [1.807, 2.05) is 13.0 Å². The van der Waals surface area contributed by atoms with E-state index < -0.39 is 5.97 Å². The average Bonchev–Trinajstić information content (AvgIpc) is 3.18. The lowest BCUT2D eigenvalue weighted by Crippen LogP contribution is -2.31. The average molecular weight is 265 g/mol. The van der Waals surface area contributed by atoms with Gasteiger partial charge in [-0.2, -0.15) is 0 Å². The fourth-order valence-electron chi connectivity index (χ4n) is 2.55. The molecule has 3 N–H and O–H groups in total. The molecule has 1 saturated carbocycles. The van der Waals surface area contributed by atoms with Crippen molar-refractivity contribution in [3.63, 3.8) is 0 Å². The Bertz CT molecular complexity index is 506. The Hall–Kier alpha value is -1.75. The summed E-state index contributed by atoms with van der Waals surface area (Å²) in [6, 6.07) is 3.47. The van der Waals surface area contributed by atoms with Crippen LogP contribution in [0.25, 0.3) is 0 Å². The molecular weight excluding hydrogens is 246 g/mol. The first-order chi connectivity index (χ1) is 8.96. The van der Waals surface area contributed by atoms with Gasteiger partial charge in [0.1, 0.15) is 5.56 Å². The Morgan fingerprint density at radius 1 is 1.37 bits per heavy atom. The Labute approximate surface area is 112 Å². The minimum absolute atomic E-state index is 0.0211. The Balaban J connectivity index is 2.59. The normalized spacial score (nSPS) is 17.7. The highest BCUT2D eigenvalue weighted by atomic mass is 16.5. The van der Waals surface area contributed by atoms with Crippen molar-refractivity contribution in [2.45, 2.75) is 31.2 Å². The number of nitrogens with two attached hydrogens (primary N) is 1. The first-order valence-corrected chi connectivity index (χ1v) is 6.21. The minimum Gasteiger partial charge on any atom is -0.493 e. The van der Waals surface area contributed by atoms with E-state index in [0.717, 1.165) is 18.4 Å². The second-order valence-corrected chi connectivity index (χ2v) is 5.01. The summed E-state index contributed by atoms with van der Waals surface area (Å²) in [6.07, 6.45) is 1.94. The van der Waals surface area contributed by atoms with Crippen LogP contribution in [-0.2, 0) is 5.41 Å². The molecule has 0 aromatic heterocycles. The highest BCUT2D eigenvalue weighted by Gasteiger charge is 2.48. The fourth-order valence-corrected chi connectivity index (χ4v) is 2.55. The van der Waals surface area contributed by atoms with Gasteiger partial charge < -0.3 is 20.3 Å². The van der Waals surface area contributed by atoms with Crippen LogP contribution >= 0.6 is 0 Å². The second-order valence-electron chi connectivity index (χ2n) is 5.01. The molecule has 1 unspecified atom stereocenters. The summed E-state index contributed by atoms with van der Waals surface area (Å²) in [6.45, 7) is 1.95. The number of methoxy groups -OCH3 is 2. The molecule has 0 radical (unpaired) electrons. The monoisotopic (exact) mass is 265 g/mol. The van der Waals surface area contributed by atoms with Crippen LogP contribution in [0.3, 0.4) is 0 Å². The molecule has 0 saturated heterocycles. The summed E-state index contributed by atoms with van der Waals surface area (Å²) in [5.74, 6) is -0.346. The maximum absolute atomic E-state index is 11.4. The van der Waals surface area contributed by atoms with Crippen molar-refractivity contribution in [3.05, 3.63) is 23.3 Å². The third-order valence-electron chi connectivity index (χ3n) is 3.94. The van der Waals surface area contributed by atoms with E-state index in [0.29, 0.717) is 5.75 Å². The van der Waals surface area contributed by atoms with Gasteiger partial charge in [0.2, 0.25) is 0 Å². The van der Waals surface area contributed by atoms with Gasteiger partial charge in [0.15, 0.2) is 11.5 Å². The zero-order chi connectivity index (χ0) is 14.2. The van der Waals surface area contributed by atoms with E-state index in [1.165, 1.54) is 14.2 Å². The van der Waals surface area contributed by atoms with Crippen molar-refractivity contribution in [1.29, 1.82) is 0 Å². The molecule has 0 amide bonds. The van der Waals surface area contributed by atoms with Crippen molar-refractivity contribution in [2.24, 2.45) is 5.73 Å². The van der Waals surface area contributed by atoms with Crippen molar-refractivity contribution in [3.8, 4) is 11.5 Å². The Morgan fingerprint density at radius 3 is 2.37 bits per heavy atom. The molecule has 1 aliphatic carbocycles. The van der Waals surface area contributed by atoms with Crippen LogP contribution in [0.15, 0.2) is 12.1 Å². The van der Waals surface area contributed by atoms with Crippen LogP contribution < -0.4 is 15.2 Å². The van der Waals surface area contributed by atoms with Gasteiger partial charge in [-0.25, -0.2) is 4.79 Å². The summed E-state index contributed by atoms with van der Waals surface area (Å²) in [5, 5.41) is 9.30. The number of carboxylic acids is 1. The fraction of sp³-hybridized carbons (Fsp3) is 0.500. The van der Waals surface area contributed by atoms with E-state index in [1.54, 1.807) is 6.07 Å². The van der Waals surface area contributed by atoms with Gasteiger partial charge in [0.25, 0.3) is 0 Å². The molecule has 2 rings (SSSR count). The summed E-state index contributed by atoms with van der Waals surface area (Å²) in [4.78, 5) is 11.4. The van der Waals surface area contributed by atoms with Gasteiger partial charge in [0, 0.05) is 11.5 Å². The molecule has 0 bridgehead atoms. The molecule has 0 spiro atoms. The number of ether oxygens (including phenoxy) is 2. The van der Waals surface area contributed by atoms with Gasteiger partial charge in [-0.1, -0.05) is 0 Å². The first kappa shape index (κ1) is 13.7. The van der Waals surface area contributed by atoms with Gasteiger partial charge in [-0.15, -0.1) is 0 Å². The molecular formula is C14H19NO4. The topological polar surface area (TPSA) is 81.8 Å². The molecule has 1 atom stereocenters. The predicted octanol–water partition coefficient (Wildman–Crippen LogP) is 1.78. The van der Waals surface area contributed by atoms with Crippen LogP contribution in [0.5, 0.6) is 11.5 Å². The summed E-state index contributed by atoms with van der Waals surface area (Å²) >= 11 is 0. The molecule has 1 aromatic carbocycles. The van der Waals surface area contributed by atoms with E-state index in [9.17, 15) is 9.90 Å². The summed E-state index contributed by atoms with van der Waals surface area (Å²) in [5.41, 5.74) is 6.94. The molecule has 0 aliphatic heterocycles. The SMILES string of the molecule is COc1cc(C2(C(C)N)CC2)cc(C(=O)O)c1OC. The summed E-state index contributed by atoms with van der Waals surface area (Å²) < 4.78 is 10.4.